The van der Waals surface area contributed by atoms with Crippen LogP contribution in [0.1, 0.15) is 39.2 Å². The first-order chi connectivity index (χ1) is 10.5. The summed E-state index contributed by atoms with van der Waals surface area (Å²) in [6.07, 6.45) is 1.67. The van der Waals surface area contributed by atoms with Gasteiger partial charge in [-0.1, -0.05) is 45.9 Å². The number of carbonyl (C=O) groups excluding carboxylic acids is 1. The van der Waals surface area contributed by atoms with Crippen molar-refractivity contribution in [2.24, 2.45) is 5.92 Å². The quantitative estimate of drug-likeness (QED) is 0.851. The minimum atomic E-state index is -0.0456. The van der Waals surface area contributed by atoms with E-state index >= 15 is 0 Å². The van der Waals surface area contributed by atoms with Crippen molar-refractivity contribution in [1.29, 1.82) is 0 Å². The lowest BCUT2D eigenvalue weighted by atomic mass is 10.0. The zero-order valence-corrected chi connectivity index (χ0v) is 13.6. The Kier molecular flexibility index (Phi) is 5.15. The Morgan fingerprint density at radius 2 is 1.77 bits per heavy atom. The molecule has 1 amide bonds. The van der Waals surface area contributed by atoms with Crippen molar-refractivity contribution in [3.05, 3.63) is 48.2 Å². The van der Waals surface area contributed by atoms with Crippen molar-refractivity contribution in [2.45, 2.75) is 33.6 Å². The number of rotatable bonds is 5. The van der Waals surface area contributed by atoms with E-state index in [0.717, 1.165) is 11.5 Å². The molecule has 22 heavy (non-hydrogen) atoms. The third kappa shape index (κ3) is 4.07. The average molecular weight is 297 g/mol. The van der Waals surface area contributed by atoms with Crippen LogP contribution in [0.2, 0.25) is 0 Å². The number of hydrogen-bond acceptors (Lipinski definition) is 3. The van der Waals surface area contributed by atoms with Gasteiger partial charge in [0.1, 0.15) is 5.82 Å². The molecule has 1 aromatic carbocycles. The maximum absolute atomic E-state index is 11.7. The predicted molar refractivity (Wildman–Crippen MR) is 91.5 cm³/mol. The second-order valence-electron chi connectivity index (χ2n) is 5.94. The van der Waals surface area contributed by atoms with E-state index < -0.39 is 0 Å². The number of carbonyl (C=O) groups is 1. The van der Waals surface area contributed by atoms with Gasteiger partial charge in [0.15, 0.2) is 0 Å². The monoisotopic (exact) mass is 297 g/mol. The van der Waals surface area contributed by atoms with Crippen LogP contribution >= 0.6 is 0 Å². The molecule has 0 atom stereocenters. The van der Waals surface area contributed by atoms with Crippen LogP contribution < -0.4 is 10.6 Å². The molecule has 0 spiro atoms. The summed E-state index contributed by atoms with van der Waals surface area (Å²) in [6.45, 7) is 8.06. The Morgan fingerprint density at radius 1 is 1.05 bits per heavy atom. The Balaban J connectivity index is 2.10. The van der Waals surface area contributed by atoms with Gasteiger partial charge in [0.2, 0.25) is 5.91 Å². The fraction of sp³-hybridized carbons (Fsp3) is 0.333. The molecule has 0 fully saturated rings. The lowest BCUT2D eigenvalue weighted by Gasteiger charge is -2.14. The Labute approximate surface area is 132 Å². The molecule has 0 radical (unpaired) electrons. The summed E-state index contributed by atoms with van der Waals surface area (Å²) >= 11 is 0. The van der Waals surface area contributed by atoms with Crippen LogP contribution in [0.3, 0.4) is 0 Å². The fourth-order valence-corrected chi connectivity index (χ4v) is 2.08. The first kappa shape index (κ1) is 16.0. The molecule has 0 bridgehead atoms. The Hall–Kier alpha value is -2.36. The van der Waals surface area contributed by atoms with Crippen molar-refractivity contribution in [2.75, 3.05) is 10.6 Å². The van der Waals surface area contributed by atoms with Crippen LogP contribution in [0.15, 0.2) is 42.6 Å². The van der Waals surface area contributed by atoms with E-state index in [2.05, 4.69) is 35.5 Å². The van der Waals surface area contributed by atoms with Gasteiger partial charge < -0.3 is 10.6 Å². The van der Waals surface area contributed by atoms with Crippen LogP contribution in [0.4, 0.5) is 17.2 Å². The number of nitrogens with one attached hydrogen (secondary N) is 2. The molecule has 2 N–H and O–H groups in total. The lowest BCUT2D eigenvalue weighted by Crippen LogP contribution is -2.17. The highest BCUT2D eigenvalue weighted by Crippen LogP contribution is 2.26. The van der Waals surface area contributed by atoms with Gasteiger partial charge in [0.25, 0.3) is 0 Å². The van der Waals surface area contributed by atoms with E-state index in [-0.39, 0.29) is 11.8 Å². The summed E-state index contributed by atoms with van der Waals surface area (Å²) < 4.78 is 0. The lowest BCUT2D eigenvalue weighted by molar-refractivity contribution is -0.118. The molecule has 0 unspecified atom stereocenters. The summed E-state index contributed by atoms with van der Waals surface area (Å²) in [5, 5.41) is 6.17. The molecule has 4 heteroatoms. The van der Waals surface area contributed by atoms with Crippen molar-refractivity contribution >= 4 is 23.1 Å². The highest BCUT2D eigenvalue weighted by atomic mass is 16.1. The minimum absolute atomic E-state index is 0.00679. The Bertz CT molecular complexity index is 633. The smallest absolute Gasteiger partial charge is 0.226 e. The summed E-state index contributed by atoms with van der Waals surface area (Å²) in [4.78, 5) is 16.0. The molecule has 1 heterocycles. The molecule has 1 aromatic heterocycles. The van der Waals surface area contributed by atoms with Gasteiger partial charge >= 0.3 is 0 Å². The number of nitrogens with zero attached hydrogens (tertiary/aromatic N) is 1. The number of para-hydroxylation sites is 1. The molecule has 0 saturated carbocycles. The molecule has 2 rings (SSSR count). The van der Waals surface area contributed by atoms with Gasteiger partial charge in [0.05, 0.1) is 11.9 Å². The topological polar surface area (TPSA) is 54.0 Å². The summed E-state index contributed by atoms with van der Waals surface area (Å²) in [7, 11) is 0. The van der Waals surface area contributed by atoms with Gasteiger partial charge in [-0.15, -0.1) is 0 Å². The summed E-state index contributed by atoms with van der Waals surface area (Å²) in [5.41, 5.74) is 3.02. The molecule has 0 aliphatic rings. The molecule has 0 saturated heterocycles. The van der Waals surface area contributed by atoms with Crippen molar-refractivity contribution in [3.63, 3.8) is 0 Å². The second kappa shape index (κ2) is 7.07. The largest absolute Gasteiger partial charge is 0.340 e. The van der Waals surface area contributed by atoms with Crippen molar-refractivity contribution in [3.8, 4) is 0 Å². The molecule has 0 aliphatic heterocycles. The summed E-state index contributed by atoms with van der Waals surface area (Å²) in [6, 6.07) is 11.9. The number of hydrogen-bond donors (Lipinski definition) is 2. The first-order valence-electron chi connectivity index (χ1n) is 7.60. The molecule has 2 aromatic rings. The molecule has 116 valence electrons. The van der Waals surface area contributed by atoms with Gasteiger partial charge in [-0.2, -0.15) is 0 Å². The highest BCUT2D eigenvalue weighted by molar-refractivity contribution is 5.91. The molecular formula is C18H23N3O. The maximum Gasteiger partial charge on any atom is 0.226 e. The average Bonchev–Trinajstić information content (AvgIpc) is 2.49. The minimum Gasteiger partial charge on any atom is -0.340 e. The van der Waals surface area contributed by atoms with Crippen LogP contribution in [-0.4, -0.2) is 10.9 Å². The SMILES string of the molecule is CC(C)C(=O)Nc1ccc(Nc2ccccc2C(C)C)nc1. The Morgan fingerprint density at radius 3 is 2.36 bits per heavy atom. The number of pyridine rings is 1. The molecule has 0 aliphatic carbocycles. The van der Waals surface area contributed by atoms with Crippen molar-refractivity contribution in [1.82, 2.24) is 4.98 Å². The van der Waals surface area contributed by atoms with E-state index in [1.165, 1.54) is 5.56 Å². The number of benzene rings is 1. The van der Waals surface area contributed by atoms with Crippen molar-refractivity contribution < 1.29 is 4.79 Å². The fourth-order valence-electron chi connectivity index (χ4n) is 2.08. The van der Waals surface area contributed by atoms with E-state index in [9.17, 15) is 4.79 Å². The third-order valence-electron chi connectivity index (χ3n) is 3.40. The van der Waals surface area contributed by atoms with Gasteiger partial charge in [-0.05, 0) is 29.7 Å². The third-order valence-corrected chi connectivity index (χ3v) is 3.40. The van der Waals surface area contributed by atoms with Gasteiger partial charge in [-0.25, -0.2) is 4.98 Å². The normalized spacial score (nSPS) is 10.8. The molecular weight excluding hydrogens is 274 g/mol. The van der Waals surface area contributed by atoms with E-state index in [1.807, 2.05) is 44.2 Å². The van der Waals surface area contributed by atoms with Crippen LogP contribution in [0, 0.1) is 5.92 Å². The number of amides is 1. The standard InChI is InChI=1S/C18H23N3O/c1-12(2)15-7-5-6-8-16(15)21-17-10-9-14(11-19-17)20-18(22)13(3)4/h5-13H,1-4H3,(H,19,21)(H,20,22). The number of aromatic nitrogens is 1. The van der Waals surface area contributed by atoms with Crippen LogP contribution in [0.25, 0.3) is 0 Å². The first-order valence-corrected chi connectivity index (χ1v) is 7.60. The zero-order chi connectivity index (χ0) is 16.1. The van der Waals surface area contributed by atoms with E-state index in [4.69, 9.17) is 0 Å². The van der Waals surface area contributed by atoms with Gasteiger partial charge in [0, 0.05) is 11.6 Å². The predicted octanol–water partition coefficient (Wildman–Crippen LogP) is 4.54. The molecule has 4 nitrogen and oxygen atoms in total. The van der Waals surface area contributed by atoms with E-state index in [1.54, 1.807) is 6.20 Å². The van der Waals surface area contributed by atoms with E-state index in [0.29, 0.717) is 11.6 Å². The van der Waals surface area contributed by atoms with Gasteiger partial charge in [-0.3, -0.25) is 4.79 Å². The second-order valence-corrected chi connectivity index (χ2v) is 5.94. The van der Waals surface area contributed by atoms with Crippen LogP contribution in [0.5, 0.6) is 0 Å². The maximum atomic E-state index is 11.7. The highest BCUT2D eigenvalue weighted by Gasteiger charge is 2.08. The van der Waals surface area contributed by atoms with Crippen LogP contribution in [-0.2, 0) is 4.79 Å². The number of anilines is 3. The zero-order valence-electron chi connectivity index (χ0n) is 13.6. The summed E-state index contributed by atoms with van der Waals surface area (Å²) in [5.74, 6) is 1.15.